The van der Waals surface area contributed by atoms with Crippen LogP contribution in [0.4, 0.5) is 9.59 Å². The number of esters is 1. The molecule has 0 bridgehead atoms. The maximum Gasteiger partial charge on any atom is 0.420 e. The Bertz CT molecular complexity index is 500. The summed E-state index contributed by atoms with van der Waals surface area (Å²) >= 11 is 2.17. The number of imide groups is 1. The monoisotopic (exact) mass is 499 g/mol. The highest BCUT2D eigenvalue weighted by atomic mass is 127. The topological polar surface area (TPSA) is 82.1 Å². The minimum absolute atomic E-state index is 0.260. The average molecular weight is 499 g/mol. The first-order valence-corrected chi connectivity index (χ1v) is 10.5. The van der Waals surface area contributed by atoms with Gasteiger partial charge in [-0.1, -0.05) is 22.6 Å². The lowest BCUT2D eigenvalue weighted by molar-refractivity contribution is -0.161. The predicted octanol–water partition coefficient (Wildman–Crippen LogP) is 5.08. The highest BCUT2D eigenvalue weighted by molar-refractivity contribution is 14.1. The lowest BCUT2D eigenvalue weighted by Gasteiger charge is -2.33. The summed E-state index contributed by atoms with van der Waals surface area (Å²) in [6, 6.07) is -1.12. The van der Waals surface area contributed by atoms with Crippen LogP contribution < -0.4 is 0 Å². The van der Waals surface area contributed by atoms with Gasteiger partial charge >= 0.3 is 18.2 Å². The number of ether oxygens (including phenoxy) is 3. The van der Waals surface area contributed by atoms with Crippen LogP contribution in [-0.2, 0) is 19.0 Å². The van der Waals surface area contributed by atoms with E-state index in [-0.39, 0.29) is 6.42 Å². The second kappa shape index (κ2) is 9.93. The molecule has 2 amide bonds. The molecule has 0 saturated carbocycles. The Morgan fingerprint density at radius 3 is 1.44 bits per heavy atom. The second-order valence-corrected chi connectivity index (χ2v) is 10.3. The maximum absolute atomic E-state index is 12.8. The zero-order valence-corrected chi connectivity index (χ0v) is 20.1. The molecule has 27 heavy (non-hydrogen) atoms. The van der Waals surface area contributed by atoms with Gasteiger partial charge in [-0.2, -0.15) is 4.90 Å². The summed E-state index contributed by atoms with van der Waals surface area (Å²) in [4.78, 5) is 39.0. The smallest absolute Gasteiger partial charge is 0.420 e. The Hall–Kier alpha value is -1.06. The van der Waals surface area contributed by atoms with E-state index in [9.17, 15) is 14.4 Å². The van der Waals surface area contributed by atoms with Gasteiger partial charge in [-0.15, -0.1) is 0 Å². The summed E-state index contributed by atoms with van der Waals surface area (Å²) in [5.41, 5.74) is -2.43. The van der Waals surface area contributed by atoms with Crippen molar-refractivity contribution in [2.45, 2.75) is 98.0 Å². The summed E-state index contributed by atoms with van der Waals surface area (Å²) in [6.07, 6.45) is -0.981. The number of rotatable bonds is 5. The molecule has 0 aliphatic carbocycles. The molecule has 0 spiro atoms. The zero-order chi connectivity index (χ0) is 21.6. The first-order valence-electron chi connectivity index (χ1n) is 9.01. The van der Waals surface area contributed by atoms with Gasteiger partial charge in [0.05, 0.1) is 0 Å². The van der Waals surface area contributed by atoms with Crippen LogP contribution in [-0.4, -0.2) is 50.3 Å². The van der Waals surface area contributed by atoms with Gasteiger partial charge in [0.15, 0.2) is 0 Å². The Kier molecular flexibility index (Phi) is 9.54. The van der Waals surface area contributed by atoms with Crippen LogP contribution in [0.1, 0.15) is 75.2 Å². The Balaban J connectivity index is 5.90. The molecule has 1 atom stereocenters. The van der Waals surface area contributed by atoms with Crippen LogP contribution in [0.15, 0.2) is 0 Å². The largest absolute Gasteiger partial charge is 0.458 e. The number of carbonyl (C=O) groups is 3. The Morgan fingerprint density at radius 2 is 1.15 bits per heavy atom. The van der Waals surface area contributed by atoms with Crippen molar-refractivity contribution in [2.75, 3.05) is 4.43 Å². The summed E-state index contributed by atoms with van der Waals surface area (Å²) in [6.45, 7) is 15.3. The number of hydrogen-bond donors (Lipinski definition) is 0. The molecular formula is C19H34INO6. The third-order valence-corrected chi connectivity index (χ3v) is 3.54. The lowest BCUT2D eigenvalue weighted by atomic mass is 10.1. The molecule has 0 fully saturated rings. The summed E-state index contributed by atoms with van der Waals surface area (Å²) in [5.74, 6) is -0.663. The molecule has 0 radical (unpaired) electrons. The van der Waals surface area contributed by atoms with Crippen LogP contribution in [0.25, 0.3) is 0 Å². The quantitative estimate of drug-likeness (QED) is 0.227. The van der Waals surface area contributed by atoms with Crippen molar-refractivity contribution in [2.24, 2.45) is 0 Å². The Labute approximate surface area is 176 Å². The average Bonchev–Trinajstić information content (AvgIpc) is 2.36. The molecule has 0 aliphatic rings. The molecule has 0 unspecified atom stereocenters. The number of hydrogen-bond acceptors (Lipinski definition) is 6. The highest BCUT2D eigenvalue weighted by Gasteiger charge is 2.41. The van der Waals surface area contributed by atoms with Crippen molar-refractivity contribution in [3.8, 4) is 0 Å². The van der Waals surface area contributed by atoms with Gasteiger partial charge in [0, 0.05) is 0 Å². The third kappa shape index (κ3) is 11.4. The van der Waals surface area contributed by atoms with Gasteiger partial charge < -0.3 is 14.2 Å². The second-order valence-electron chi connectivity index (χ2n) is 9.21. The van der Waals surface area contributed by atoms with Gasteiger partial charge in [0.2, 0.25) is 0 Å². The Morgan fingerprint density at radius 1 is 0.778 bits per heavy atom. The summed E-state index contributed by atoms with van der Waals surface area (Å²) < 4.78 is 16.9. The number of nitrogens with zero attached hydrogens (tertiary/aromatic N) is 1. The maximum atomic E-state index is 12.8. The zero-order valence-electron chi connectivity index (χ0n) is 18.0. The molecule has 0 saturated heterocycles. The van der Waals surface area contributed by atoms with Crippen molar-refractivity contribution in [3.05, 3.63) is 0 Å². The SMILES string of the molecule is CC(C)(C)OC(=O)[C@H](CCCI)N(C(=O)OC(C)(C)C)C(=O)OC(C)(C)C. The fourth-order valence-electron chi connectivity index (χ4n) is 1.94. The fraction of sp³-hybridized carbons (Fsp3) is 0.842. The van der Waals surface area contributed by atoms with Gasteiger partial charge in [-0.3, -0.25) is 0 Å². The van der Waals surface area contributed by atoms with Crippen LogP contribution in [0.5, 0.6) is 0 Å². The molecule has 0 rings (SSSR count). The number of amides is 2. The molecule has 0 N–H and O–H groups in total. The van der Waals surface area contributed by atoms with Gasteiger partial charge in [-0.05, 0) is 79.6 Å². The molecule has 0 heterocycles. The van der Waals surface area contributed by atoms with Crippen molar-refractivity contribution < 1.29 is 28.6 Å². The van der Waals surface area contributed by atoms with Crippen LogP contribution >= 0.6 is 22.6 Å². The standard InChI is InChI=1S/C19H34INO6/c1-17(2,3)25-14(22)13(11-10-12-20)21(15(23)26-18(4,5)6)16(24)27-19(7,8)9/h13H,10-12H2,1-9H3/t13-/m0/s1. The third-order valence-electron chi connectivity index (χ3n) is 2.78. The van der Waals surface area contributed by atoms with Crippen molar-refractivity contribution in [1.82, 2.24) is 4.90 Å². The predicted molar refractivity (Wildman–Crippen MR) is 112 cm³/mol. The molecule has 0 aromatic heterocycles. The van der Waals surface area contributed by atoms with Crippen molar-refractivity contribution in [1.29, 1.82) is 0 Å². The molecular weight excluding hydrogens is 465 g/mol. The molecule has 0 aromatic carbocycles. The van der Waals surface area contributed by atoms with Crippen LogP contribution in [0.3, 0.4) is 0 Å². The van der Waals surface area contributed by atoms with E-state index in [0.29, 0.717) is 6.42 Å². The van der Waals surface area contributed by atoms with E-state index >= 15 is 0 Å². The van der Waals surface area contributed by atoms with Crippen molar-refractivity contribution >= 4 is 40.7 Å². The van der Waals surface area contributed by atoms with E-state index in [1.165, 1.54) is 0 Å². The minimum atomic E-state index is -1.12. The lowest BCUT2D eigenvalue weighted by Crippen LogP contribution is -2.53. The van der Waals surface area contributed by atoms with Crippen molar-refractivity contribution in [3.63, 3.8) is 0 Å². The normalized spacial score (nSPS) is 13.6. The van der Waals surface area contributed by atoms with E-state index < -0.39 is 41.0 Å². The minimum Gasteiger partial charge on any atom is -0.458 e. The highest BCUT2D eigenvalue weighted by Crippen LogP contribution is 2.22. The van der Waals surface area contributed by atoms with Gasteiger partial charge in [0.25, 0.3) is 0 Å². The number of halogens is 1. The molecule has 0 aliphatic heterocycles. The van der Waals surface area contributed by atoms with Crippen LogP contribution in [0, 0.1) is 0 Å². The fourth-order valence-corrected chi connectivity index (χ4v) is 2.38. The van der Waals surface area contributed by atoms with Gasteiger partial charge in [0.1, 0.15) is 22.8 Å². The van der Waals surface area contributed by atoms with E-state index in [1.54, 1.807) is 62.3 Å². The molecule has 7 nitrogen and oxygen atoms in total. The molecule has 0 aromatic rings. The van der Waals surface area contributed by atoms with E-state index in [4.69, 9.17) is 14.2 Å². The van der Waals surface area contributed by atoms with Crippen LogP contribution in [0.2, 0.25) is 0 Å². The van der Waals surface area contributed by atoms with Gasteiger partial charge in [-0.25, -0.2) is 14.4 Å². The molecule has 158 valence electrons. The first kappa shape index (κ1) is 25.9. The summed E-state index contributed by atoms with van der Waals surface area (Å²) in [5, 5.41) is 0. The number of alkyl halides is 1. The number of carbonyl (C=O) groups excluding carboxylic acids is 3. The summed E-state index contributed by atoms with van der Waals surface area (Å²) in [7, 11) is 0. The van der Waals surface area contributed by atoms with E-state index in [0.717, 1.165) is 9.33 Å². The molecule has 8 heteroatoms. The van der Waals surface area contributed by atoms with E-state index in [2.05, 4.69) is 22.6 Å². The first-order chi connectivity index (χ1) is 12.0. The van der Waals surface area contributed by atoms with E-state index in [1.807, 2.05) is 0 Å².